The number of fused-ring (bicyclic) bond motifs is 3. The molecule has 0 fully saturated rings. The van der Waals surface area contributed by atoms with Crippen LogP contribution in [-0.4, -0.2) is 9.67 Å². The van der Waals surface area contributed by atoms with E-state index in [1.807, 2.05) is 34.9 Å². The van der Waals surface area contributed by atoms with Crippen LogP contribution in [0, 0.1) is 0 Å². The average Bonchev–Trinajstić information content (AvgIpc) is 3.13. The lowest BCUT2D eigenvalue weighted by atomic mass is 9.83. The van der Waals surface area contributed by atoms with E-state index < -0.39 is 0 Å². The first-order chi connectivity index (χ1) is 15.7. The van der Waals surface area contributed by atoms with E-state index >= 15 is 0 Å². The monoisotopic (exact) mass is 436 g/mol. The molecule has 6 rings (SSSR count). The second-order valence-electron chi connectivity index (χ2n) is 8.12. The van der Waals surface area contributed by atoms with Crippen molar-refractivity contribution in [2.75, 3.05) is 0 Å². The molecule has 0 radical (unpaired) electrons. The molecule has 3 aromatic carbocycles. The number of rotatable bonds is 2. The van der Waals surface area contributed by atoms with E-state index in [9.17, 15) is 9.90 Å². The van der Waals surface area contributed by atoms with Gasteiger partial charge in [0, 0.05) is 5.56 Å². The quantitative estimate of drug-likeness (QED) is 0.516. The van der Waals surface area contributed by atoms with Gasteiger partial charge >= 0.3 is 0 Å². The molecule has 0 bridgehead atoms. The summed E-state index contributed by atoms with van der Waals surface area (Å²) in [6.45, 7) is 0. The Morgan fingerprint density at radius 2 is 1.78 bits per heavy atom. The molecule has 156 valence electrons. The molecule has 4 nitrogen and oxygen atoms in total. The molecule has 5 heteroatoms. The molecule has 0 unspecified atom stereocenters. The minimum Gasteiger partial charge on any atom is -0.508 e. The van der Waals surface area contributed by atoms with Gasteiger partial charge in [-0.15, -0.1) is 0 Å². The number of aryl methyl sites for hydroxylation is 1. The van der Waals surface area contributed by atoms with Crippen molar-refractivity contribution in [1.29, 1.82) is 0 Å². The number of phenolic OH excluding ortho intramolecular Hbond substituents is 1. The van der Waals surface area contributed by atoms with E-state index in [-0.39, 0.29) is 17.4 Å². The minimum absolute atomic E-state index is 0.0450. The van der Waals surface area contributed by atoms with Crippen molar-refractivity contribution in [1.82, 2.24) is 4.57 Å². The lowest BCUT2D eigenvalue weighted by Crippen LogP contribution is -2.38. The van der Waals surface area contributed by atoms with Crippen molar-refractivity contribution in [2.24, 2.45) is 4.99 Å². The zero-order chi connectivity index (χ0) is 21.7. The van der Waals surface area contributed by atoms with Crippen LogP contribution in [0.25, 0.3) is 11.8 Å². The fourth-order valence-corrected chi connectivity index (χ4v) is 5.72. The molecule has 4 aromatic rings. The Labute approximate surface area is 188 Å². The van der Waals surface area contributed by atoms with Crippen LogP contribution in [0.15, 0.2) is 94.2 Å². The third-order valence-corrected chi connectivity index (χ3v) is 7.14. The zero-order valence-corrected chi connectivity index (χ0v) is 18.0. The van der Waals surface area contributed by atoms with Gasteiger partial charge in [-0.25, -0.2) is 4.99 Å². The third kappa shape index (κ3) is 3.05. The van der Waals surface area contributed by atoms with Gasteiger partial charge in [0.1, 0.15) is 5.75 Å². The summed E-state index contributed by atoms with van der Waals surface area (Å²) in [7, 11) is 0. The summed E-state index contributed by atoms with van der Waals surface area (Å²) in [5.74, 6) is 0.181. The van der Waals surface area contributed by atoms with Crippen molar-refractivity contribution in [3.8, 4) is 5.75 Å². The SMILES string of the molecule is O=c1/c(=C\c2cccc(O)c2)sc2n1[C@@H](c1ccccc1)C1=C(N=2)c2ccccc2CC1. The van der Waals surface area contributed by atoms with E-state index in [0.717, 1.165) is 29.7 Å². The summed E-state index contributed by atoms with van der Waals surface area (Å²) in [5.41, 5.74) is 6.52. The molecule has 0 spiro atoms. The number of aromatic nitrogens is 1. The number of benzene rings is 3. The molecule has 1 N–H and O–H groups in total. The highest BCUT2D eigenvalue weighted by atomic mass is 32.1. The van der Waals surface area contributed by atoms with Crippen LogP contribution in [0.2, 0.25) is 0 Å². The van der Waals surface area contributed by atoms with Crippen LogP contribution in [0.1, 0.15) is 34.7 Å². The summed E-state index contributed by atoms with van der Waals surface area (Å²) in [6, 6.07) is 25.4. The van der Waals surface area contributed by atoms with E-state index in [4.69, 9.17) is 4.99 Å². The van der Waals surface area contributed by atoms with E-state index in [1.54, 1.807) is 18.2 Å². The van der Waals surface area contributed by atoms with Gasteiger partial charge in [0.2, 0.25) is 0 Å². The molecule has 0 saturated heterocycles. The lowest BCUT2D eigenvalue weighted by molar-refractivity contribution is 0.475. The first-order valence-corrected chi connectivity index (χ1v) is 11.5. The maximum atomic E-state index is 13.6. The molecule has 2 heterocycles. The molecule has 1 aliphatic carbocycles. The first-order valence-electron chi connectivity index (χ1n) is 10.7. The molecule has 1 aromatic heterocycles. The molecule has 1 atom stereocenters. The van der Waals surface area contributed by atoms with Crippen molar-refractivity contribution in [2.45, 2.75) is 18.9 Å². The van der Waals surface area contributed by atoms with Crippen molar-refractivity contribution < 1.29 is 5.11 Å². The maximum Gasteiger partial charge on any atom is 0.271 e. The molecule has 1 aliphatic heterocycles. The number of hydrogen-bond donors (Lipinski definition) is 1. The summed E-state index contributed by atoms with van der Waals surface area (Å²) >= 11 is 1.40. The number of hydrogen-bond acceptors (Lipinski definition) is 4. The highest BCUT2D eigenvalue weighted by molar-refractivity contribution is 7.07. The van der Waals surface area contributed by atoms with Crippen LogP contribution >= 0.6 is 11.3 Å². The Hall–Kier alpha value is -3.70. The van der Waals surface area contributed by atoms with Crippen LogP contribution in [0.4, 0.5) is 0 Å². The lowest BCUT2D eigenvalue weighted by Gasteiger charge is -2.30. The van der Waals surface area contributed by atoms with Gasteiger partial charge in [-0.1, -0.05) is 78.1 Å². The predicted octanol–water partition coefficient (Wildman–Crippen LogP) is 4.02. The number of thiazole rings is 1. The van der Waals surface area contributed by atoms with Gasteiger partial charge in [-0.05, 0) is 53.3 Å². The van der Waals surface area contributed by atoms with Gasteiger partial charge in [0.05, 0.1) is 16.3 Å². The second-order valence-corrected chi connectivity index (χ2v) is 9.13. The average molecular weight is 437 g/mol. The van der Waals surface area contributed by atoms with E-state index in [0.29, 0.717) is 9.33 Å². The number of allylic oxidation sites excluding steroid dienone is 1. The molecule has 2 aliphatic rings. The Bertz CT molecular complexity index is 1560. The first kappa shape index (κ1) is 19.0. The summed E-state index contributed by atoms with van der Waals surface area (Å²) in [6.07, 6.45) is 3.66. The van der Waals surface area contributed by atoms with Crippen LogP contribution in [0.3, 0.4) is 0 Å². The zero-order valence-electron chi connectivity index (χ0n) is 17.2. The minimum atomic E-state index is -0.165. The maximum absolute atomic E-state index is 13.6. The van der Waals surface area contributed by atoms with Crippen LogP contribution < -0.4 is 14.9 Å². The molecule has 32 heavy (non-hydrogen) atoms. The van der Waals surface area contributed by atoms with Gasteiger partial charge in [-0.2, -0.15) is 0 Å². The van der Waals surface area contributed by atoms with Crippen LogP contribution in [-0.2, 0) is 6.42 Å². The molecular formula is C27H20N2O2S. The Morgan fingerprint density at radius 1 is 0.969 bits per heavy atom. The highest BCUT2D eigenvalue weighted by Gasteiger charge is 2.32. The summed E-state index contributed by atoms with van der Waals surface area (Å²) in [4.78, 5) is 19.3. The number of nitrogens with zero attached hydrogens (tertiary/aromatic N) is 2. The largest absolute Gasteiger partial charge is 0.508 e. The second kappa shape index (κ2) is 7.46. The number of phenols is 1. The third-order valence-electron chi connectivity index (χ3n) is 6.16. The van der Waals surface area contributed by atoms with E-state index in [2.05, 4.69) is 36.4 Å². The smallest absolute Gasteiger partial charge is 0.271 e. The Morgan fingerprint density at radius 3 is 2.62 bits per heavy atom. The normalized spacial score (nSPS) is 17.4. The molecule has 0 amide bonds. The molecular weight excluding hydrogens is 416 g/mol. The summed E-state index contributed by atoms with van der Waals surface area (Å²) in [5, 5.41) is 9.82. The highest BCUT2D eigenvalue weighted by Crippen LogP contribution is 2.41. The van der Waals surface area contributed by atoms with Gasteiger partial charge in [0.25, 0.3) is 5.56 Å². The van der Waals surface area contributed by atoms with Crippen molar-refractivity contribution in [3.63, 3.8) is 0 Å². The number of aromatic hydroxyl groups is 1. The standard InChI is InChI=1S/C27H20N2O2S/c30-20-11-6-7-17(15-20)16-23-26(31)29-25(19-9-2-1-3-10-19)22-14-13-18-8-4-5-12-21(18)24(22)28-27(29)32-23/h1-12,15-16,25,30H,13-14H2/b23-16+/t25-/m0/s1. The summed E-state index contributed by atoms with van der Waals surface area (Å²) < 4.78 is 2.46. The topological polar surface area (TPSA) is 54.6 Å². The Kier molecular flexibility index (Phi) is 4.44. The predicted molar refractivity (Wildman–Crippen MR) is 127 cm³/mol. The Balaban J connectivity index is 1.63. The fraction of sp³-hybridized carbons (Fsp3) is 0.111. The van der Waals surface area contributed by atoms with Crippen molar-refractivity contribution in [3.05, 3.63) is 126 Å². The van der Waals surface area contributed by atoms with Gasteiger partial charge in [-0.3, -0.25) is 9.36 Å². The van der Waals surface area contributed by atoms with E-state index in [1.165, 1.54) is 28.0 Å². The molecule has 0 saturated carbocycles. The van der Waals surface area contributed by atoms with Gasteiger partial charge < -0.3 is 5.11 Å². The fourth-order valence-electron chi connectivity index (χ4n) is 4.72. The van der Waals surface area contributed by atoms with Crippen LogP contribution in [0.5, 0.6) is 5.75 Å². The van der Waals surface area contributed by atoms with Gasteiger partial charge in [0.15, 0.2) is 4.80 Å². The van der Waals surface area contributed by atoms with Crippen molar-refractivity contribution >= 4 is 23.1 Å².